The Bertz CT molecular complexity index is 5500. The third kappa shape index (κ3) is 23.4. The first-order chi connectivity index (χ1) is 66.5. The van der Waals surface area contributed by atoms with Gasteiger partial charge in [0.05, 0.1) is 138 Å². The van der Waals surface area contributed by atoms with E-state index in [-0.39, 0.29) is 136 Å². The van der Waals surface area contributed by atoms with Crippen molar-refractivity contribution in [1.82, 2.24) is 5.32 Å². The molecule has 11 N–H and O–H groups in total. The van der Waals surface area contributed by atoms with Crippen LogP contribution in [0, 0.1) is 65.1 Å². The van der Waals surface area contributed by atoms with Crippen LogP contribution >= 0.6 is 0 Å². The molecule has 2 amide bonds. The van der Waals surface area contributed by atoms with Crippen LogP contribution in [0.3, 0.4) is 0 Å². The molecule has 4 saturated heterocycles. The van der Waals surface area contributed by atoms with Gasteiger partial charge in [-0.25, -0.2) is 0 Å². The standard InChI is InChI=1S/C51H65NO19.C51H67NO19/c1-22-13-12-14-30(27(6)68-49(61)50(9,10)19-35(54)55)41(57)24(3)40(56)25(4)44(69-29(8)53)23(2)32(70-36-18-34-46(28(7)67-36)64-20-63-34)15-16-66-51(11)47-39-37-33(62-21-65-47)17-31(52-48(22)60)43(59)38(37)42(58)26(5)45(39)71-51;1-22-13-12-14-30(27(6)68-49(63)50(9,10)20-36(56)57)42(59)24(3)41(58)25(4)45(69-29(8)53)23(2)34(70-37-18-35-47(28(7)67-37)65-21-64-35)15-16-66-51(11)19-33(55)39-38-32(54)17-31(52-48(22)62)44(61)40(38)43(60)26(5)46(39)71-51/h12-17,23-25,27-28,30,32,34,36,40-41,44,46,56-57,59H,18-21H2,1-11H3,(H,52,60)(H,54,55);12-17,23-25,27-28,30,33-35,37,41-42,45,47,55,58-60H,18-21H2,1-11H3,(H,52,62)(H,56,57)/b14-12+,16-15?,22-13-;14-12+,16-15+,22-13-. The molecule has 15 aliphatic rings. The lowest BCUT2D eigenvalue weighted by atomic mass is 9.77. The second kappa shape index (κ2) is 44.1. The number of carboxylic acid groups (broad SMARTS) is 2. The number of aliphatic hydroxyl groups excluding tert-OH is 5. The molecular formula is C102H132N2O38. The first-order valence-electron chi connectivity index (χ1n) is 47.5. The fourth-order valence-electron chi connectivity index (χ4n) is 19.8. The lowest BCUT2D eigenvalue weighted by molar-refractivity contribution is -0.246. The number of esters is 4. The highest BCUT2D eigenvalue weighted by molar-refractivity contribution is 6.28. The van der Waals surface area contributed by atoms with E-state index in [1.54, 1.807) is 54.5 Å². The monoisotopic (exact) mass is 1990 g/mol. The second-order valence-corrected chi connectivity index (χ2v) is 40.1. The van der Waals surface area contributed by atoms with Gasteiger partial charge in [0, 0.05) is 139 Å². The molecule has 13 heterocycles. The number of aromatic hydroxyl groups is 2. The fourth-order valence-corrected chi connectivity index (χ4v) is 19.8. The van der Waals surface area contributed by atoms with Crippen molar-refractivity contribution in [2.75, 3.05) is 25.7 Å². The Labute approximate surface area is 821 Å². The van der Waals surface area contributed by atoms with Gasteiger partial charge in [-0.15, -0.1) is 0 Å². The Hall–Kier alpha value is -11.3. The average Bonchev–Trinajstić information content (AvgIpc) is 1.60. The van der Waals surface area contributed by atoms with Gasteiger partial charge in [-0.1, -0.05) is 78.0 Å². The Morgan fingerprint density at radius 3 is 1.49 bits per heavy atom. The molecule has 142 heavy (non-hydrogen) atoms. The highest BCUT2D eigenvalue weighted by Crippen LogP contribution is 2.57. The maximum Gasteiger partial charge on any atom is 0.312 e. The average molecular weight is 1990 g/mol. The first kappa shape index (κ1) is 110. The molecule has 0 saturated carbocycles. The molecule has 4 fully saturated rings. The molecule has 2 aliphatic carbocycles. The van der Waals surface area contributed by atoms with Gasteiger partial charge in [-0.2, -0.15) is 0 Å². The number of allylic oxidation sites excluding steroid dienone is 8. The number of phenols is 2. The lowest BCUT2D eigenvalue weighted by Crippen LogP contribution is -2.50. The molecule has 0 aromatic heterocycles. The van der Waals surface area contributed by atoms with E-state index in [4.69, 9.17) is 85.3 Å². The summed E-state index contributed by atoms with van der Waals surface area (Å²) in [4.78, 5) is 145. The van der Waals surface area contributed by atoms with Gasteiger partial charge >= 0.3 is 41.6 Å². The van der Waals surface area contributed by atoms with Crippen LogP contribution in [0.25, 0.3) is 5.57 Å². The molecule has 40 heteroatoms. The number of nitrogens with one attached hydrogen (secondary N) is 2. The predicted molar refractivity (Wildman–Crippen MR) is 496 cm³/mol. The summed E-state index contributed by atoms with van der Waals surface area (Å²) in [6.45, 7) is 33.2. The number of aliphatic carboxylic acids is 2. The van der Waals surface area contributed by atoms with Crippen molar-refractivity contribution in [2.45, 2.75) is 312 Å². The summed E-state index contributed by atoms with van der Waals surface area (Å²) in [6, 6.07) is 1.36. The zero-order valence-electron chi connectivity index (χ0n) is 83.5. The molecule has 778 valence electrons. The SMILES string of the molecule is CC(=O)OC1C(C)C(OC2CC3OCOC3C(C)O2)/C=C/OC2(C)CC(O)c3c(c(C)c(O)c4c3C(=O)C=C(NC(=O)/C(C)=C\C=C\C(C(C)OC(=O)C(C)(C)CC(=O)O)C(O)C(C)C(O)C1C)C4=O)O2.CC(=O)OC1C(C)C(OC2CC3OCOC3C(C)O2)C=COC2(C)OC3=C(C)C(=O)c4c(O)c(cc5c4C3=C2OCO5)NC(=O)/C(C)=C\C=C\C(C(C)OC(=O)C(C)(C)CC(=O)O)C(O)C(C)C(O)C1C. The van der Waals surface area contributed by atoms with Crippen molar-refractivity contribution in [2.24, 2.45) is 58.2 Å². The summed E-state index contributed by atoms with van der Waals surface area (Å²) in [5.41, 5.74) is -3.90. The van der Waals surface area contributed by atoms with Crippen molar-refractivity contribution >= 4 is 76.2 Å². The minimum atomic E-state index is -1.74. The summed E-state index contributed by atoms with van der Waals surface area (Å²) >= 11 is 0. The quantitative estimate of drug-likeness (QED) is 0.0423. The smallest absolute Gasteiger partial charge is 0.312 e. The summed E-state index contributed by atoms with van der Waals surface area (Å²) in [5, 5.41) is 108. The normalized spacial score (nSPS) is 35.3. The van der Waals surface area contributed by atoms with Crippen LogP contribution in [-0.2, 0) is 114 Å². The molecule has 2 aromatic carbocycles. The zero-order chi connectivity index (χ0) is 105. The number of Topliss-reactive ketones (excluding diaryl/α,β-unsaturated/α-hetero) is 2. The van der Waals surface area contributed by atoms with E-state index >= 15 is 0 Å². The number of ketones is 3. The van der Waals surface area contributed by atoms with Crippen molar-refractivity contribution < 1.29 is 184 Å². The molecule has 29 unspecified atom stereocenters. The van der Waals surface area contributed by atoms with Gasteiger partial charge in [0.25, 0.3) is 11.8 Å². The van der Waals surface area contributed by atoms with Gasteiger partial charge in [-0.3, -0.25) is 52.7 Å². The Morgan fingerprint density at radius 1 is 0.549 bits per heavy atom. The van der Waals surface area contributed by atoms with Gasteiger partial charge in [-0.05, 0) is 95.2 Å². The fraction of sp³-hybridized carbons (Fsp3) is 0.598. The lowest BCUT2D eigenvalue weighted by Gasteiger charge is -2.41. The zero-order valence-corrected chi connectivity index (χ0v) is 83.5. The van der Waals surface area contributed by atoms with Gasteiger partial charge in [0.15, 0.2) is 35.7 Å². The Balaban J connectivity index is 0.000000254. The van der Waals surface area contributed by atoms with E-state index in [1.165, 1.54) is 151 Å². The summed E-state index contributed by atoms with van der Waals surface area (Å²) in [5.74, 6) is -21.6. The minimum absolute atomic E-state index is 0.000299. The van der Waals surface area contributed by atoms with Gasteiger partial charge in [0.2, 0.25) is 18.4 Å². The second-order valence-electron chi connectivity index (χ2n) is 40.1. The largest absolute Gasteiger partial charge is 0.507 e. The highest BCUT2D eigenvalue weighted by atomic mass is 16.8. The predicted octanol–water partition coefficient (Wildman–Crippen LogP) is 10.1. The van der Waals surface area contributed by atoms with Crippen LogP contribution in [-0.4, -0.2) is 253 Å². The van der Waals surface area contributed by atoms with Crippen molar-refractivity contribution in [1.29, 1.82) is 0 Å². The summed E-state index contributed by atoms with van der Waals surface area (Å²) in [7, 11) is 0. The number of carbonyl (C=O) groups is 11. The molecule has 2 aromatic rings. The maximum atomic E-state index is 14.2. The number of rotatable bonds is 16. The van der Waals surface area contributed by atoms with E-state index < -0.39 is 269 Å². The van der Waals surface area contributed by atoms with Crippen LogP contribution in [0.1, 0.15) is 231 Å². The number of carbonyl (C=O) groups excluding carboxylic acids is 9. The number of hydrogen-bond acceptors (Lipinski definition) is 36. The molecular weight excluding hydrogens is 1860 g/mol. The number of aliphatic hydroxyl groups is 5. The molecule has 40 nitrogen and oxygen atoms in total. The number of ether oxygens (including phenoxy) is 18. The number of phenolic OH excluding ortho intramolecular Hbond substituents is 2. The highest BCUT2D eigenvalue weighted by Gasteiger charge is 2.56. The van der Waals surface area contributed by atoms with Gasteiger partial charge < -0.3 is 142 Å². The maximum absolute atomic E-state index is 14.2. The van der Waals surface area contributed by atoms with E-state index in [2.05, 4.69) is 10.6 Å². The third-order valence-electron chi connectivity index (χ3n) is 28.3. The molecule has 13 aliphatic heterocycles. The molecule has 29 atom stereocenters. The molecule has 13 bridgehead atoms. The van der Waals surface area contributed by atoms with Crippen LogP contribution in [0.15, 0.2) is 107 Å². The number of amides is 2. The molecule has 17 rings (SSSR count). The Morgan fingerprint density at radius 2 is 1.01 bits per heavy atom. The van der Waals surface area contributed by atoms with Crippen LogP contribution in [0.5, 0.6) is 23.0 Å². The van der Waals surface area contributed by atoms with Crippen LogP contribution in [0.2, 0.25) is 0 Å². The first-order valence-corrected chi connectivity index (χ1v) is 47.5. The summed E-state index contributed by atoms with van der Waals surface area (Å²) in [6.07, 6.45) is -3.72. The van der Waals surface area contributed by atoms with E-state index in [0.29, 0.717) is 0 Å². The number of hydrogen-bond donors (Lipinski definition) is 11. The number of benzene rings is 2. The van der Waals surface area contributed by atoms with E-state index in [0.717, 1.165) is 6.08 Å². The topological polar surface area (TPSA) is 560 Å². The third-order valence-corrected chi connectivity index (χ3v) is 28.3. The van der Waals surface area contributed by atoms with E-state index in [1.807, 2.05) is 13.8 Å². The van der Waals surface area contributed by atoms with Crippen LogP contribution < -0.4 is 20.1 Å². The number of anilines is 1. The number of carboxylic acids is 2. The van der Waals surface area contributed by atoms with Crippen molar-refractivity contribution in [3.05, 3.63) is 141 Å². The van der Waals surface area contributed by atoms with Crippen LogP contribution in [0.4, 0.5) is 5.69 Å². The van der Waals surface area contributed by atoms with E-state index in [9.17, 15) is 98.7 Å². The molecule has 0 radical (unpaired) electrons. The van der Waals surface area contributed by atoms with Gasteiger partial charge in [0.1, 0.15) is 73.2 Å². The van der Waals surface area contributed by atoms with Crippen molar-refractivity contribution in [3.8, 4) is 23.0 Å². The van der Waals surface area contributed by atoms with Crippen molar-refractivity contribution in [3.63, 3.8) is 0 Å². The minimum Gasteiger partial charge on any atom is -0.507 e. The summed E-state index contributed by atoms with van der Waals surface area (Å²) < 4.78 is 110. The Kier molecular flexibility index (Phi) is 34.1. The number of fused-ring (bicyclic) bond motifs is 17. The molecule has 0 spiro atoms.